The number of halogens is 1. The molecule has 1 aromatic rings. The average Bonchev–Trinajstić information content (AvgIpc) is 2.89. The first-order chi connectivity index (χ1) is 8.84. The Labute approximate surface area is 123 Å². The molecule has 1 aliphatic rings. The van der Waals surface area contributed by atoms with Gasteiger partial charge in [-0.25, -0.2) is 0 Å². The second-order valence-corrected chi connectivity index (χ2v) is 7.02. The van der Waals surface area contributed by atoms with Gasteiger partial charge < -0.3 is 5.32 Å². The SMILES string of the molecule is Brc1ccc(CCCCSC[C@@H]2CCCN2)cc1. The topological polar surface area (TPSA) is 12.0 Å². The second-order valence-electron chi connectivity index (χ2n) is 4.95. The molecule has 0 saturated carbocycles. The normalized spacial score (nSPS) is 19.3. The fourth-order valence-corrected chi connectivity index (χ4v) is 3.72. The van der Waals surface area contributed by atoms with Crippen LogP contribution in [0.1, 0.15) is 31.2 Å². The molecule has 0 unspecified atom stereocenters. The quantitative estimate of drug-likeness (QED) is 0.751. The fraction of sp³-hybridized carbons (Fsp3) is 0.600. The molecule has 1 aromatic carbocycles. The van der Waals surface area contributed by atoms with Crippen molar-refractivity contribution in [1.29, 1.82) is 0 Å². The van der Waals surface area contributed by atoms with E-state index in [0.717, 1.165) is 6.04 Å². The summed E-state index contributed by atoms with van der Waals surface area (Å²) in [4.78, 5) is 0. The van der Waals surface area contributed by atoms with Crippen molar-refractivity contribution in [3.05, 3.63) is 34.3 Å². The van der Waals surface area contributed by atoms with Gasteiger partial charge in [-0.05, 0) is 62.1 Å². The van der Waals surface area contributed by atoms with Crippen molar-refractivity contribution in [3.63, 3.8) is 0 Å². The molecule has 0 aliphatic carbocycles. The van der Waals surface area contributed by atoms with E-state index in [1.54, 1.807) is 0 Å². The highest BCUT2D eigenvalue weighted by molar-refractivity contribution is 9.10. The fourth-order valence-electron chi connectivity index (χ4n) is 2.31. The molecule has 0 aromatic heterocycles. The van der Waals surface area contributed by atoms with Gasteiger partial charge in [-0.1, -0.05) is 28.1 Å². The van der Waals surface area contributed by atoms with Crippen LogP contribution in [-0.2, 0) is 6.42 Å². The van der Waals surface area contributed by atoms with Crippen molar-refractivity contribution in [1.82, 2.24) is 5.32 Å². The van der Waals surface area contributed by atoms with Crippen molar-refractivity contribution in [2.24, 2.45) is 0 Å². The van der Waals surface area contributed by atoms with Crippen LogP contribution in [0.3, 0.4) is 0 Å². The molecule has 1 nitrogen and oxygen atoms in total. The molecule has 0 spiro atoms. The standard InChI is InChI=1S/C15H22BrNS/c16-14-8-6-13(7-9-14)4-1-2-11-18-12-15-5-3-10-17-15/h6-9,15,17H,1-5,10-12H2/t15-/m0/s1. The van der Waals surface area contributed by atoms with Crippen LogP contribution < -0.4 is 5.32 Å². The van der Waals surface area contributed by atoms with Crippen molar-refractivity contribution in [2.45, 2.75) is 38.1 Å². The van der Waals surface area contributed by atoms with E-state index in [2.05, 4.69) is 57.3 Å². The van der Waals surface area contributed by atoms with Crippen LogP contribution in [-0.4, -0.2) is 24.1 Å². The van der Waals surface area contributed by atoms with Gasteiger partial charge in [-0.15, -0.1) is 0 Å². The lowest BCUT2D eigenvalue weighted by Crippen LogP contribution is -2.23. The molecule has 0 bridgehead atoms. The van der Waals surface area contributed by atoms with Gasteiger partial charge in [0, 0.05) is 16.3 Å². The monoisotopic (exact) mass is 327 g/mol. The number of nitrogens with one attached hydrogen (secondary N) is 1. The Morgan fingerprint density at radius 3 is 2.78 bits per heavy atom. The Kier molecular flexibility index (Phi) is 6.60. The van der Waals surface area contributed by atoms with E-state index < -0.39 is 0 Å². The van der Waals surface area contributed by atoms with E-state index in [4.69, 9.17) is 0 Å². The highest BCUT2D eigenvalue weighted by Crippen LogP contribution is 2.15. The Balaban J connectivity index is 1.49. The highest BCUT2D eigenvalue weighted by atomic mass is 79.9. The third-order valence-corrected chi connectivity index (χ3v) is 5.14. The zero-order valence-electron chi connectivity index (χ0n) is 10.8. The van der Waals surface area contributed by atoms with Crippen LogP contribution in [0.5, 0.6) is 0 Å². The zero-order chi connectivity index (χ0) is 12.6. The summed E-state index contributed by atoms with van der Waals surface area (Å²) < 4.78 is 1.17. The number of benzene rings is 1. The maximum Gasteiger partial charge on any atom is 0.0175 e. The van der Waals surface area contributed by atoms with E-state index in [1.165, 1.54) is 60.2 Å². The molecule has 1 N–H and O–H groups in total. The van der Waals surface area contributed by atoms with Gasteiger partial charge in [0.2, 0.25) is 0 Å². The van der Waals surface area contributed by atoms with E-state index in [-0.39, 0.29) is 0 Å². The molecule has 1 heterocycles. The third kappa shape index (κ3) is 5.33. The average molecular weight is 328 g/mol. The minimum absolute atomic E-state index is 0.793. The van der Waals surface area contributed by atoms with Crippen LogP contribution in [0.2, 0.25) is 0 Å². The van der Waals surface area contributed by atoms with Gasteiger partial charge in [0.25, 0.3) is 0 Å². The number of hydrogen-bond donors (Lipinski definition) is 1. The van der Waals surface area contributed by atoms with E-state index in [1.807, 2.05) is 0 Å². The van der Waals surface area contributed by atoms with Gasteiger partial charge in [0.1, 0.15) is 0 Å². The van der Waals surface area contributed by atoms with Crippen LogP contribution in [0, 0.1) is 0 Å². The maximum absolute atomic E-state index is 3.55. The number of thioether (sulfide) groups is 1. The first kappa shape index (κ1) is 14.4. The molecule has 2 rings (SSSR count). The van der Waals surface area contributed by atoms with Crippen molar-refractivity contribution >= 4 is 27.7 Å². The first-order valence-electron chi connectivity index (χ1n) is 6.90. The van der Waals surface area contributed by atoms with Crippen LogP contribution in [0.4, 0.5) is 0 Å². The smallest absolute Gasteiger partial charge is 0.0175 e. The number of unbranched alkanes of at least 4 members (excludes halogenated alkanes) is 1. The molecule has 1 fully saturated rings. The van der Waals surface area contributed by atoms with Gasteiger partial charge in [-0.3, -0.25) is 0 Å². The summed E-state index contributed by atoms with van der Waals surface area (Å²) in [5.41, 5.74) is 1.46. The Hall–Kier alpha value is 0.01000. The molecule has 1 aliphatic heterocycles. The summed E-state index contributed by atoms with van der Waals surface area (Å²) >= 11 is 5.59. The lowest BCUT2D eigenvalue weighted by Gasteiger charge is -2.09. The molecule has 0 amide bonds. The van der Waals surface area contributed by atoms with E-state index in [9.17, 15) is 0 Å². The molecule has 100 valence electrons. The van der Waals surface area contributed by atoms with Gasteiger partial charge >= 0.3 is 0 Å². The Morgan fingerprint density at radius 1 is 1.22 bits per heavy atom. The molecule has 18 heavy (non-hydrogen) atoms. The Morgan fingerprint density at radius 2 is 2.06 bits per heavy atom. The van der Waals surface area contributed by atoms with Gasteiger partial charge in [-0.2, -0.15) is 11.8 Å². The predicted molar refractivity (Wildman–Crippen MR) is 85.4 cm³/mol. The molecular weight excluding hydrogens is 306 g/mol. The number of hydrogen-bond acceptors (Lipinski definition) is 2. The van der Waals surface area contributed by atoms with E-state index >= 15 is 0 Å². The lowest BCUT2D eigenvalue weighted by molar-refractivity contribution is 0.673. The Bertz CT molecular complexity index is 333. The second kappa shape index (κ2) is 8.23. The summed E-state index contributed by atoms with van der Waals surface area (Å²) in [7, 11) is 0. The van der Waals surface area contributed by atoms with Crippen LogP contribution in [0.15, 0.2) is 28.7 Å². The maximum atomic E-state index is 3.55. The van der Waals surface area contributed by atoms with Crippen LogP contribution in [0.25, 0.3) is 0 Å². The minimum Gasteiger partial charge on any atom is -0.313 e. The molecule has 1 saturated heterocycles. The zero-order valence-corrected chi connectivity index (χ0v) is 13.2. The highest BCUT2D eigenvalue weighted by Gasteiger charge is 2.12. The van der Waals surface area contributed by atoms with Crippen molar-refractivity contribution in [3.8, 4) is 0 Å². The molecular formula is C15H22BrNS. The van der Waals surface area contributed by atoms with Gasteiger partial charge in [0.05, 0.1) is 0 Å². The summed E-state index contributed by atoms with van der Waals surface area (Å²) in [5.74, 6) is 2.62. The van der Waals surface area contributed by atoms with Gasteiger partial charge in [0.15, 0.2) is 0 Å². The number of aryl methyl sites for hydroxylation is 1. The summed E-state index contributed by atoms with van der Waals surface area (Å²) in [6.07, 6.45) is 6.62. The molecule has 1 atom stereocenters. The molecule has 0 radical (unpaired) electrons. The molecule has 3 heteroatoms. The minimum atomic E-state index is 0.793. The van der Waals surface area contributed by atoms with Crippen LogP contribution >= 0.6 is 27.7 Å². The third-order valence-electron chi connectivity index (χ3n) is 3.40. The lowest BCUT2D eigenvalue weighted by atomic mass is 10.1. The first-order valence-corrected chi connectivity index (χ1v) is 8.85. The predicted octanol–water partition coefficient (Wildman–Crippen LogP) is 4.26. The largest absolute Gasteiger partial charge is 0.313 e. The summed E-state index contributed by atoms with van der Waals surface area (Å²) in [5, 5.41) is 3.55. The summed E-state index contributed by atoms with van der Waals surface area (Å²) in [6.45, 7) is 1.23. The van der Waals surface area contributed by atoms with E-state index in [0.29, 0.717) is 0 Å². The van der Waals surface area contributed by atoms with Crippen molar-refractivity contribution in [2.75, 3.05) is 18.1 Å². The number of rotatable bonds is 7. The van der Waals surface area contributed by atoms with Crippen molar-refractivity contribution < 1.29 is 0 Å². The summed E-state index contributed by atoms with van der Waals surface area (Å²) in [6, 6.07) is 9.51.